The molecule has 17 heavy (non-hydrogen) atoms. The van der Waals surface area contributed by atoms with E-state index in [1.165, 1.54) is 0 Å². The van der Waals surface area contributed by atoms with Crippen molar-refractivity contribution >= 4 is 0 Å². The normalized spacial score (nSPS) is 9.94. The van der Waals surface area contributed by atoms with Crippen LogP contribution in [0, 0.1) is 11.3 Å². The van der Waals surface area contributed by atoms with Crippen LogP contribution in [0.3, 0.4) is 0 Å². The van der Waals surface area contributed by atoms with E-state index >= 15 is 0 Å². The summed E-state index contributed by atoms with van der Waals surface area (Å²) < 4.78 is 15.5. The van der Waals surface area contributed by atoms with Gasteiger partial charge in [-0.25, -0.2) is 0 Å². The summed E-state index contributed by atoms with van der Waals surface area (Å²) in [4.78, 5) is 0. The maximum absolute atomic E-state index is 8.84. The molecule has 0 aliphatic carbocycles. The van der Waals surface area contributed by atoms with Crippen molar-refractivity contribution in [3.8, 4) is 11.8 Å². The molecule has 0 saturated heterocycles. The van der Waals surface area contributed by atoms with Crippen LogP contribution >= 0.6 is 0 Å². The zero-order valence-electron chi connectivity index (χ0n) is 10.2. The number of nitrogens with zero attached hydrogens (tertiary/aromatic N) is 1. The summed E-state index contributed by atoms with van der Waals surface area (Å²) in [6.45, 7) is 1.89. The lowest BCUT2D eigenvalue weighted by molar-refractivity contribution is 0.0927. The molecule has 92 valence electrons. The topological polar surface area (TPSA) is 51.5 Å². The average molecular weight is 235 g/mol. The van der Waals surface area contributed by atoms with Crippen LogP contribution in [0.25, 0.3) is 0 Å². The molecule has 0 unspecified atom stereocenters. The molecule has 0 aromatic heterocycles. The molecule has 0 saturated carbocycles. The number of methoxy groups -OCH3 is 2. The molecule has 0 fully saturated rings. The molecular formula is C13H17NO3. The van der Waals surface area contributed by atoms with Crippen molar-refractivity contribution < 1.29 is 14.2 Å². The van der Waals surface area contributed by atoms with E-state index in [9.17, 15) is 0 Å². The van der Waals surface area contributed by atoms with Crippen molar-refractivity contribution in [2.24, 2.45) is 0 Å². The summed E-state index contributed by atoms with van der Waals surface area (Å²) in [6, 6.07) is 7.52. The van der Waals surface area contributed by atoms with Gasteiger partial charge in [-0.3, -0.25) is 0 Å². The van der Waals surface area contributed by atoms with Crippen LogP contribution in [-0.2, 0) is 16.1 Å². The van der Waals surface area contributed by atoms with E-state index in [0.717, 1.165) is 12.0 Å². The third-order valence-electron chi connectivity index (χ3n) is 2.29. The lowest BCUT2D eigenvalue weighted by atomic mass is 10.1. The summed E-state index contributed by atoms with van der Waals surface area (Å²) in [7, 11) is 3.23. The first-order valence-electron chi connectivity index (χ1n) is 5.45. The second kappa shape index (κ2) is 7.66. The molecule has 0 bridgehead atoms. The minimum absolute atomic E-state index is 0.520. The fourth-order valence-corrected chi connectivity index (χ4v) is 1.41. The molecule has 0 heterocycles. The quantitative estimate of drug-likeness (QED) is 0.679. The van der Waals surface area contributed by atoms with Gasteiger partial charge in [-0.2, -0.15) is 5.26 Å². The summed E-state index contributed by atoms with van der Waals surface area (Å²) >= 11 is 0. The molecule has 0 aliphatic heterocycles. The van der Waals surface area contributed by atoms with Crippen molar-refractivity contribution in [3.05, 3.63) is 29.3 Å². The van der Waals surface area contributed by atoms with Gasteiger partial charge in [0.1, 0.15) is 11.8 Å². The predicted octanol–water partition coefficient (Wildman–Crippen LogP) is 2.12. The van der Waals surface area contributed by atoms with Crippen LogP contribution in [-0.4, -0.2) is 27.4 Å². The number of hydrogen-bond donors (Lipinski definition) is 0. The number of benzene rings is 1. The SMILES string of the molecule is COCCCOCc1ccc(C#N)c(OC)c1. The van der Waals surface area contributed by atoms with Gasteiger partial charge in [0.25, 0.3) is 0 Å². The van der Waals surface area contributed by atoms with Crippen molar-refractivity contribution in [2.45, 2.75) is 13.0 Å². The van der Waals surface area contributed by atoms with Crippen LogP contribution < -0.4 is 4.74 Å². The third kappa shape index (κ3) is 4.43. The smallest absolute Gasteiger partial charge is 0.136 e. The summed E-state index contributed by atoms with van der Waals surface area (Å²) in [5, 5.41) is 8.84. The van der Waals surface area contributed by atoms with E-state index in [0.29, 0.717) is 31.1 Å². The highest BCUT2D eigenvalue weighted by atomic mass is 16.5. The number of nitriles is 1. The van der Waals surface area contributed by atoms with E-state index in [1.807, 2.05) is 12.1 Å². The van der Waals surface area contributed by atoms with Gasteiger partial charge < -0.3 is 14.2 Å². The molecule has 0 amide bonds. The van der Waals surface area contributed by atoms with Gasteiger partial charge in [0.15, 0.2) is 0 Å². The van der Waals surface area contributed by atoms with Gasteiger partial charge in [-0.05, 0) is 24.1 Å². The fraction of sp³-hybridized carbons (Fsp3) is 0.462. The van der Waals surface area contributed by atoms with Gasteiger partial charge in [0.05, 0.1) is 19.3 Å². The van der Waals surface area contributed by atoms with Crippen molar-refractivity contribution in [1.82, 2.24) is 0 Å². The van der Waals surface area contributed by atoms with E-state index in [1.54, 1.807) is 20.3 Å². The molecule has 4 nitrogen and oxygen atoms in total. The fourth-order valence-electron chi connectivity index (χ4n) is 1.41. The minimum Gasteiger partial charge on any atom is -0.495 e. The third-order valence-corrected chi connectivity index (χ3v) is 2.29. The maximum Gasteiger partial charge on any atom is 0.136 e. The number of rotatable bonds is 7. The number of ether oxygens (including phenoxy) is 3. The molecule has 4 heteroatoms. The highest BCUT2D eigenvalue weighted by Gasteiger charge is 2.03. The standard InChI is InChI=1S/C13H17NO3/c1-15-6-3-7-17-10-11-4-5-12(9-14)13(8-11)16-2/h4-5,8H,3,6-7,10H2,1-2H3. The summed E-state index contributed by atoms with van der Waals surface area (Å²) in [5.41, 5.74) is 1.54. The first-order valence-corrected chi connectivity index (χ1v) is 5.45. The van der Waals surface area contributed by atoms with E-state index in [-0.39, 0.29) is 0 Å². The predicted molar refractivity (Wildman–Crippen MR) is 63.9 cm³/mol. The zero-order chi connectivity index (χ0) is 12.5. The molecule has 0 N–H and O–H groups in total. The Kier molecular flexibility index (Phi) is 6.08. The van der Waals surface area contributed by atoms with Gasteiger partial charge >= 0.3 is 0 Å². The number of hydrogen-bond acceptors (Lipinski definition) is 4. The lowest BCUT2D eigenvalue weighted by Gasteiger charge is -2.07. The average Bonchev–Trinajstić information content (AvgIpc) is 2.38. The Hall–Kier alpha value is -1.57. The van der Waals surface area contributed by atoms with E-state index in [4.69, 9.17) is 19.5 Å². The first kappa shape index (κ1) is 13.5. The minimum atomic E-state index is 0.520. The molecule has 1 aromatic carbocycles. The zero-order valence-corrected chi connectivity index (χ0v) is 10.2. The highest BCUT2D eigenvalue weighted by molar-refractivity contribution is 5.45. The van der Waals surface area contributed by atoms with Gasteiger partial charge in [0, 0.05) is 20.3 Å². The second-order valence-corrected chi connectivity index (χ2v) is 3.55. The van der Waals surface area contributed by atoms with E-state index in [2.05, 4.69) is 6.07 Å². The molecule has 0 aliphatic rings. The Morgan fingerprint density at radius 2 is 2.06 bits per heavy atom. The van der Waals surface area contributed by atoms with Gasteiger partial charge in [-0.15, -0.1) is 0 Å². The van der Waals surface area contributed by atoms with Crippen molar-refractivity contribution in [2.75, 3.05) is 27.4 Å². The van der Waals surface area contributed by atoms with Crippen LogP contribution in [0.2, 0.25) is 0 Å². The Labute approximate surface area is 102 Å². The molecule has 0 spiro atoms. The monoisotopic (exact) mass is 235 g/mol. The maximum atomic E-state index is 8.84. The molecular weight excluding hydrogens is 218 g/mol. The first-order chi connectivity index (χ1) is 8.31. The highest BCUT2D eigenvalue weighted by Crippen LogP contribution is 2.19. The molecule has 1 aromatic rings. The van der Waals surface area contributed by atoms with Crippen LogP contribution in [0.1, 0.15) is 17.5 Å². The Morgan fingerprint density at radius 3 is 2.71 bits per heavy atom. The molecule has 0 atom stereocenters. The Balaban J connectivity index is 2.47. The van der Waals surface area contributed by atoms with Crippen LogP contribution in [0.5, 0.6) is 5.75 Å². The summed E-state index contributed by atoms with van der Waals surface area (Å²) in [6.07, 6.45) is 0.879. The Bertz CT molecular complexity index is 385. The van der Waals surface area contributed by atoms with E-state index < -0.39 is 0 Å². The van der Waals surface area contributed by atoms with Gasteiger partial charge in [0.2, 0.25) is 0 Å². The van der Waals surface area contributed by atoms with Crippen molar-refractivity contribution in [3.63, 3.8) is 0 Å². The van der Waals surface area contributed by atoms with Crippen LogP contribution in [0.15, 0.2) is 18.2 Å². The summed E-state index contributed by atoms with van der Waals surface area (Å²) in [5.74, 6) is 0.588. The molecule has 1 rings (SSSR count). The lowest BCUT2D eigenvalue weighted by Crippen LogP contribution is -2.00. The van der Waals surface area contributed by atoms with Gasteiger partial charge in [-0.1, -0.05) is 6.07 Å². The Morgan fingerprint density at radius 1 is 1.24 bits per heavy atom. The largest absolute Gasteiger partial charge is 0.495 e. The molecule has 0 radical (unpaired) electrons. The van der Waals surface area contributed by atoms with Crippen molar-refractivity contribution in [1.29, 1.82) is 5.26 Å². The van der Waals surface area contributed by atoms with Crippen LogP contribution in [0.4, 0.5) is 0 Å². The second-order valence-electron chi connectivity index (χ2n) is 3.55.